The molecule has 0 fully saturated rings. The predicted octanol–water partition coefficient (Wildman–Crippen LogP) is 3.61. The first kappa shape index (κ1) is 22.0. The highest BCUT2D eigenvalue weighted by molar-refractivity contribution is 8.00. The van der Waals surface area contributed by atoms with E-state index in [0.29, 0.717) is 17.9 Å². The molecule has 7 nitrogen and oxygen atoms in total. The predicted molar refractivity (Wildman–Crippen MR) is 119 cm³/mol. The summed E-state index contributed by atoms with van der Waals surface area (Å²) in [6, 6.07) is 14.0. The van der Waals surface area contributed by atoms with Crippen molar-refractivity contribution in [1.29, 1.82) is 0 Å². The van der Waals surface area contributed by atoms with E-state index in [1.54, 1.807) is 30.3 Å². The first-order valence-corrected chi connectivity index (χ1v) is 10.1. The van der Waals surface area contributed by atoms with Crippen LogP contribution in [0.3, 0.4) is 0 Å². The Bertz CT molecular complexity index is 868. The number of nitrogens with one attached hydrogen (secondary N) is 4. The molecule has 0 saturated carbocycles. The number of aryl methyl sites for hydroxylation is 1. The Morgan fingerprint density at radius 1 is 0.897 bits per heavy atom. The van der Waals surface area contributed by atoms with Crippen molar-refractivity contribution in [3.8, 4) is 0 Å². The van der Waals surface area contributed by atoms with Crippen LogP contribution >= 0.6 is 11.8 Å². The molecule has 0 spiro atoms. The summed E-state index contributed by atoms with van der Waals surface area (Å²) in [5, 5.41) is 10.8. The van der Waals surface area contributed by atoms with Crippen LogP contribution in [0.2, 0.25) is 0 Å². The van der Waals surface area contributed by atoms with Crippen molar-refractivity contribution >= 4 is 46.7 Å². The summed E-state index contributed by atoms with van der Waals surface area (Å²) in [6.45, 7) is 5.85. The molecule has 0 unspecified atom stereocenters. The Hall–Kier alpha value is -3.26. The second-order valence-corrected chi connectivity index (χ2v) is 7.15. The fraction of sp³-hybridized carbons (Fsp3) is 0.190. The van der Waals surface area contributed by atoms with Gasteiger partial charge in [0.25, 0.3) is 0 Å². The molecule has 0 aromatic heterocycles. The van der Waals surface area contributed by atoms with Gasteiger partial charge < -0.3 is 21.3 Å². The van der Waals surface area contributed by atoms with Crippen LogP contribution in [0.25, 0.3) is 0 Å². The molecule has 152 valence electrons. The number of benzene rings is 2. The maximum atomic E-state index is 12.0. The van der Waals surface area contributed by atoms with Crippen LogP contribution in [-0.4, -0.2) is 35.9 Å². The maximum absolute atomic E-state index is 12.0. The summed E-state index contributed by atoms with van der Waals surface area (Å²) in [4.78, 5) is 35.5. The van der Waals surface area contributed by atoms with E-state index in [4.69, 9.17) is 0 Å². The fourth-order valence-corrected chi connectivity index (χ4v) is 2.95. The van der Waals surface area contributed by atoms with Gasteiger partial charge in [-0.05, 0) is 48.9 Å². The second kappa shape index (κ2) is 11.6. The Kier molecular flexibility index (Phi) is 8.78. The number of hydrogen-bond acceptors (Lipinski definition) is 4. The van der Waals surface area contributed by atoms with Gasteiger partial charge >= 0.3 is 6.03 Å². The van der Waals surface area contributed by atoms with Crippen LogP contribution in [0, 0.1) is 6.92 Å². The van der Waals surface area contributed by atoms with E-state index in [0.717, 1.165) is 11.3 Å². The van der Waals surface area contributed by atoms with Gasteiger partial charge in [-0.25, -0.2) is 4.79 Å². The average Bonchev–Trinajstić information content (AvgIpc) is 2.68. The molecule has 2 aromatic rings. The monoisotopic (exact) mass is 412 g/mol. The van der Waals surface area contributed by atoms with E-state index < -0.39 is 0 Å². The first-order chi connectivity index (χ1) is 14.0. The highest BCUT2D eigenvalue weighted by Gasteiger charge is 2.07. The van der Waals surface area contributed by atoms with Gasteiger partial charge in [0.05, 0.1) is 11.5 Å². The van der Waals surface area contributed by atoms with Gasteiger partial charge in [-0.15, -0.1) is 18.3 Å². The van der Waals surface area contributed by atoms with Crippen molar-refractivity contribution in [2.24, 2.45) is 0 Å². The minimum atomic E-state index is -0.331. The minimum absolute atomic E-state index is 0.154. The molecule has 2 rings (SSSR count). The number of carbonyl (C=O) groups is 3. The van der Waals surface area contributed by atoms with Crippen LogP contribution in [0.1, 0.15) is 5.56 Å². The van der Waals surface area contributed by atoms with Crippen molar-refractivity contribution in [2.45, 2.75) is 6.92 Å². The average molecular weight is 413 g/mol. The lowest BCUT2D eigenvalue weighted by Gasteiger charge is -2.09. The largest absolute Gasteiger partial charge is 0.334 e. The highest BCUT2D eigenvalue weighted by atomic mass is 32.2. The molecule has 0 atom stereocenters. The zero-order chi connectivity index (χ0) is 21.1. The van der Waals surface area contributed by atoms with Gasteiger partial charge in [-0.2, -0.15) is 0 Å². The normalized spacial score (nSPS) is 9.97. The summed E-state index contributed by atoms with van der Waals surface area (Å²) in [7, 11) is 0. The fourth-order valence-electron chi connectivity index (χ4n) is 2.33. The van der Waals surface area contributed by atoms with E-state index >= 15 is 0 Å². The zero-order valence-electron chi connectivity index (χ0n) is 16.2. The number of carbonyl (C=O) groups excluding carboxylic acids is 3. The lowest BCUT2D eigenvalue weighted by atomic mass is 10.2. The molecule has 4 amide bonds. The van der Waals surface area contributed by atoms with Crippen LogP contribution in [0.5, 0.6) is 0 Å². The van der Waals surface area contributed by atoms with Gasteiger partial charge in [-0.1, -0.05) is 18.2 Å². The summed E-state index contributed by atoms with van der Waals surface area (Å²) in [6.07, 6.45) is 1.59. The third-order valence-electron chi connectivity index (χ3n) is 3.60. The van der Waals surface area contributed by atoms with E-state index in [1.807, 2.05) is 31.2 Å². The lowest BCUT2D eigenvalue weighted by Crippen LogP contribution is -2.28. The molecule has 2 aromatic carbocycles. The maximum Gasteiger partial charge on any atom is 0.319 e. The number of anilines is 3. The highest BCUT2D eigenvalue weighted by Crippen LogP contribution is 2.14. The summed E-state index contributed by atoms with van der Waals surface area (Å²) in [5.74, 6) is -0.0174. The molecule has 0 bridgehead atoms. The van der Waals surface area contributed by atoms with Gasteiger partial charge in [0, 0.05) is 23.6 Å². The minimum Gasteiger partial charge on any atom is -0.334 e. The lowest BCUT2D eigenvalue weighted by molar-refractivity contribution is -0.114. The van der Waals surface area contributed by atoms with Gasteiger partial charge in [0.2, 0.25) is 11.8 Å². The van der Waals surface area contributed by atoms with E-state index in [9.17, 15) is 14.4 Å². The number of rotatable bonds is 9. The van der Waals surface area contributed by atoms with Crippen LogP contribution in [-0.2, 0) is 9.59 Å². The Morgan fingerprint density at radius 2 is 1.48 bits per heavy atom. The summed E-state index contributed by atoms with van der Waals surface area (Å²) >= 11 is 1.23. The summed E-state index contributed by atoms with van der Waals surface area (Å²) in [5.41, 5.74) is 3.02. The quantitative estimate of drug-likeness (QED) is 0.473. The van der Waals surface area contributed by atoms with Gasteiger partial charge in [0.15, 0.2) is 0 Å². The molecule has 0 saturated heterocycles. The Morgan fingerprint density at radius 3 is 2.07 bits per heavy atom. The molecule has 8 heteroatoms. The van der Waals surface area contributed by atoms with Gasteiger partial charge in [0.1, 0.15) is 0 Å². The number of amides is 4. The number of urea groups is 1. The Labute approximate surface area is 174 Å². The van der Waals surface area contributed by atoms with Crippen LogP contribution in [0.15, 0.2) is 61.2 Å². The molecule has 0 aliphatic rings. The first-order valence-electron chi connectivity index (χ1n) is 8.96. The van der Waals surface area contributed by atoms with Crippen LogP contribution in [0.4, 0.5) is 21.9 Å². The molecular formula is C21H24N4O3S. The SMILES string of the molecule is C=CCNC(=O)Nc1ccc(NC(=O)CSCC(=O)Nc2cccc(C)c2)cc1. The molecule has 0 aliphatic heterocycles. The molecule has 0 radical (unpaired) electrons. The van der Waals surface area contributed by atoms with Gasteiger partial charge in [-0.3, -0.25) is 9.59 Å². The smallest absolute Gasteiger partial charge is 0.319 e. The van der Waals surface area contributed by atoms with Crippen molar-refractivity contribution < 1.29 is 14.4 Å². The number of hydrogen-bond donors (Lipinski definition) is 4. The molecule has 0 heterocycles. The zero-order valence-corrected chi connectivity index (χ0v) is 17.0. The second-order valence-electron chi connectivity index (χ2n) is 6.16. The van der Waals surface area contributed by atoms with Crippen molar-refractivity contribution in [2.75, 3.05) is 34.0 Å². The Balaban J connectivity index is 1.70. The third-order valence-corrected chi connectivity index (χ3v) is 4.53. The summed E-state index contributed by atoms with van der Waals surface area (Å²) < 4.78 is 0. The van der Waals surface area contributed by atoms with Crippen LogP contribution < -0.4 is 21.3 Å². The third kappa shape index (κ3) is 8.52. The number of thioether (sulfide) groups is 1. The topological polar surface area (TPSA) is 99.3 Å². The van der Waals surface area contributed by atoms with E-state index in [2.05, 4.69) is 27.8 Å². The van der Waals surface area contributed by atoms with E-state index in [1.165, 1.54) is 11.8 Å². The molecular weight excluding hydrogens is 388 g/mol. The van der Waals surface area contributed by atoms with Crippen molar-refractivity contribution in [3.63, 3.8) is 0 Å². The standard InChI is InChI=1S/C21H24N4O3S/c1-3-11-22-21(28)25-17-9-7-16(8-10-17)23-19(26)13-29-14-20(27)24-18-6-4-5-15(2)12-18/h3-10,12H,1,11,13-14H2,2H3,(H,23,26)(H,24,27)(H2,22,25,28). The van der Waals surface area contributed by atoms with Crippen molar-refractivity contribution in [3.05, 3.63) is 66.7 Å². The molecule has 4 N–H and O–H groups in total. The van der Waals surface area contributed by atoms with E-state index in [-0.39, 0.29) is 29.4 Å². The van der Waals surface area contributed by atoms with Crippen molar-refractivity contribution in [1.82, 2.24) is 5.32 Å². The molecule has 29 heavy (non-hydrogen) atoms. The molecule has 0 aliphatic carbocycles.